The summed E-state index contributed by atoms with van der Waals surface area (Å²) in [6.07, 6.45) is 0. The van der Waals surface area contributed by atoms with E-state index in [9.17, 15) is 18.8 Å². The van der Waals surface area contributed by atoms with Gasteiger partial charge in [0, 0.05) is 19.7 Å². The van der Waals surface area contributed by atoms with Crippen molar-refractivity contribution in [2.45, 2.75) is 0 Å². The Morgan fingerprint density at radius 1 is 1.16 bits per heavy atom. The topological polar surface area (TPSA) is 83.2 Å². The van der Waals surface area contributed by atoms with Crippen LogP contribution in [0.1, 0.15) is 10.4 Å². The summed E-state index contributed by atoms with van der Waals surface area (Å²) in [7, 11) is 3.89. The molecule has 0 aliphatic heterocycles. The van der Waals surface area contributed by atoms with Crippen molar-refractivity contribution in [3.8, 4) is 11.3 Å². The zero-order valence-corrected chi connectivity index (χ0v) is 13.7. The molecule has 2 heterocycles. The van der Waals surface area contributed by atoms with Crippen LogP contribution in [0.2, 0.25) is 0 Å². The van der Waals surface area contributed by atoms with Gasteiger partial charge >= 0.3 is 11.7 Å². The Morgan fingerprint density at radius 2 is 1.84 bits per heavy atom. The monoisotopic (exact) mass is 343 g/mol. The number of aryl methyl sites for hydroxylation is 1. The fourth-order valence-electron chi connectivity index (χ4n) is 2.63. The first-order valence-corrected chi connectivity index (χ1v) is 7.30. The van der Waals surface area contributed by atoms with E-state index in [0.717, 1.165) is 9.13 Å². The van der Waals surface area contributed by atoms with Crippen molar-refractivity contribution in [3.05, 3.63) is 62.6 Å². The summed E-state index contributed by atoms with van der Waals surface area (Å²) < 4.78 is 20.9. The SMILES string of the molecule is COC(=O)c1cc(-c2ccccc2F)nc2c1c(=O)n(C)c(=O)n2C. The lowest BCUT2D eigenvalue weighted by Gasteiger charge is -2.12. The predicted octanol–water partition coefficient (Wildman–Crippen LogP) is 1.22. The first kappa shape index (κ1) is 16.6. The predicted molar refractivity (Wildman–Crippen MR) is 89.0 cm³/mol. The quantitative estimate of drug-likeness (QED) is 0.654. The number of carbonyl (C=O) groups is 1. The number of aromatic nitrogens is 3. The molecule has 7 nitrogen and oxygen atoms in total. The summed E-state index contributed by atoms with van der Waals surface area (Å²) >= 11 is 0. The maximum Gasteiger partial charge on any atom is 0.338 e. The van der Waals surface area contributed by atoms with E-state index < -0.39 is 23.0 Å². The van der Waals surface area contributed by atoms with E-state index in [0.29, 0.717) is 0 Å². The third-order valence-electron chi connectivity index (χ3n) is 3.97. The number of hydrogen-bond donors (Lipinski definition) is 0. The van der Waals surface area contributed by atoms with E-state index in [1.165, 1.54) is 45.5 Å². The molecule has 0 atom stereocenters. The molecule has 0 aliphatic carbocycles. The average Bonchev–Trinajstić information content (AvgIpc) is 2.63. The smallest absolute Gasteiger partial charge is 0.338 e. The number of pyridine rings is 1. The third kappa shape index (κ3) is 2.51. The van der Waals surface area contributed by atoms with Crippen LogP contribution >= 0.6 is 0 Å². The van der Waals surface area contributed by atoms with Crippen LogP contribution in [0.3, 0.4) is 0 Å². The van der Waals surface area contributed by atoms with Gasteiger partial charge in [-0.2, -0.15) is 0 Å². The van der Waals surface area contributed by atoms with Gasteiger partial charge in [0.25, 0.3) is 5.56 Å². The molecule has 25 heavy (non-hydrogen) atoms. The van der Waals surface area contributed by atoms with E-state index in [2.05, 4.69) is 4.98 Å². The van der Waals surface area contributed by atoms with Gasteiger partial charge in [-0.3, -0.25) is 13.9 Å². The molecule has 0 fully saturated rings. The Balaban J connectivity index is 2.53. The van der Waals surface area contributed by atoms with Gasteiger partial charge in [-0.15, -0.1) is 0 Å². The molecule has 3 aromatic rings. The van der Waals surface area contributed by atoms with Crippen LogP contribution in [-0.2, 0) is 18.8 Å². The van der Waals surface area contributed by atoms with Crippen molar-refractivity contribution in [1.82, 2.24) is 14.1 Å². The lowest BCUT2D eigenvalue weighted by Crippen LogP contribution is -2.38. The summed E-state index contributed by atoms with van der Waals surface area (Å²) in [6.45, 7) is 0. The van der Waals surface area contributed by atoms with Crippen LogP contribution in [0, 0.1) is 5.82 Å². The van der Waals surface area contributed by atoms with Gasteiger partial charge in [-0.1, -0.05) is 12.1 Å². The number of methoxy groups -OCH3 is 1. The van der Waals surface area contributed by atoms with Gasteiger partial charge < -0.3 is 4.74 Å². The van der Waals surface area contributed by atoms with Crippen LogP contribution in [-0.4, -0.2) is 27.2 Å². The van der Waals surface area contributed by atoms with Gasteiger partial charge in [-0.25, -0.2) is 19.0 Å². The maximum absolute atomic E-state index is 14.1. The minimum Gasteiger partial charge on any atom is -0.465 e. The summed E-state index contributed by atoms with van der Waals surface area (Å²) in [5.74, 6) is -1.32. The van der Waals surface area contributed by atoms with Crippen molar-refractivity contribution in [2.75, 3.05) is 7.11 Å². The first-order valence-electron chi connectivity index (χ1n) is 7.30. The minimum absolute atomic E-state index is 0.0192. The lowest BCUT2D eigenvalue weighted by molar-refractivity contribution is 0.0603. The summed E-state index contributed by atoms with van der Waals surface area (Å²) in [5.41, 5.74) is -1.12. The molecule has 0 saturated carbocycles. The second-order valence-electron chi connectivity index (χ2n) is 5.43. The number of nitrogens with zero attached hydrogens (tertiary/aromatic N) is 3. The van der Waals surface area contributed by atoms with Crippen LogP contribution < -0.4 is 11.2 Å². The first-order chi connectivity index (χ1) is 11.9. The van der Waals surface area contributed by atoms with Crippen molar-refractivity contribution in [1.29, 1.82) is 0 Å². The van der Waals surface area contributed by atoms with Gasteiger partial charge in [0.05, 0.1) is 23.8 Å². The molecule has 1 aromatic carbocycles. The normalized spacial score (nSPS) is 10.9. The molecule has 2 aromatic heterocycles. The zero-order valence-electron chi connectivity index (χ0n) is 13.7. The molecule has 0 N–H and O–H groups in total. The summed E-state index contributed by atoms with van der Waals surface area (Å²) in [5, 5.41) is -0.0588. The molecule has 0 amide bonds. The number of esters is 1. The van der Waals surface area contributed by atoms with E-state index in [4.69, 9.17) is 4.74 Å². The molecule has 8 heteroatoms. The van der Waals surface area contributed by atoms with E-state index in [-0.39, 0.29) is 27.9 Å². The van der Waals surface area contributed by atoms with Crippen molar-refractivity contribution in [3.63, 3.8) is 0 Å². The highest BCUT2D eigenvalue weighted by Gasteiger charge is 2.21. The molecule has 0 spiro atoms. The molecule has 0 unspecified atom stereocenters. The molecular weight excluding hydrogens is 329 g/mol. The average molecular weight is 343 g/mol. The van der Waals surface area contributed by atoms with Gasteiger partial charge in [-0.05, 0) is 18.2 Å². The van der Waals surface area contributed by atoms with Gasteiger partial charge in [0.15, 0.2) is 5.65 Å². The molecule has 128 valence electrons. The highest BCUT2D eigenvalue weighted by molar-refractivity contribution is 6.03. The van der Waals surface area contributed by atoms with Gasteiger partial charge in [0.2, 0.25) is 0 Å². The van der Waals surface area contributed by atoms with Crippen LogP contribution in [0.4, 0.5) is 4.39 Å². The second kappa shape index (κ2) is 5.97. The highest BCUT2D eigenvalue weighted by atomic mass is 19.1. The Morgan fingerprint density at radius 3 is 2.48 bits per heavy atom. The maximum atomic E-state index is 14.1. The summed E-state index contributed by atoms with van der Waals surface area (Å²) in [4.78, 5) is 41.1. The number of carbonyl (C=O) groups excluding carboxylic acids is 1. The Kier molecular flexibility index (Phi) is 3.96. The second-order valence-corrected chi connectivity index (χ2v) is 5.43. The number of benzene rings is 1. The van der Waals surface area contributed by atoms with E-state index in [1.54, 1.807) is 6.07 Å². The molecular formula is C17H14FN3O4. The number of rotatable bonds is 2. The third-order valence-corrected chi connectivity index (χ3v) is 3.97. The van der Waals surface area contributed by atoms with E-state index >= 15 is 0 Å². The fourth-order valence-corrected chi connectivity index (χ4v) is 2.63. The van der Waals surface area contributed by atoms with Crippen molar-refractivity contribution >= 4 is 17.0 Å². The highest BCUT2D eigenvalue weighted by Crippen LogP contribution is 2.25. The van der Waals surface area contributed by atoms with Crippen molar-refractivity contribution < 1.29 is 13.9 Å². The van der Waals surface area contributed by atoms with Crippen LogP contribution in [0.25, 0.3) is 22.3 Å². The van der Waals surface area contributed by atoms with Gasteiger partial charge in [0.1, 0.15) is 5.82 Å². The molecule has 0 aliphatic rings. The number of ether oxygens (including phenoxy) is 1. The van der Waals surface area contributed by atoms with Crippen LogP contribution in [0.5, 0.6) is 0 Å². The molecule has 0 saturated heterocycles. The van der Waals surface area contributed by atoms with E-state index in [1.807, 2.05) is 0 Å². The molecule has 0 bridgehead atoms. The van der Waals surface area contributed by atoms with Crippen LogP contribution in [0.15, 0.2) is 39.9 Å². The lowest BCUT2D eigenvalue weighted by atomic mass is 10.1. The molecule has 0 radical (unpaired) electrons. The Hall–Kier alpha value is -3.29. The van der Waals surface area contributed by atoms with Crippen molar-refractivity contribution in [2.24, 2.45) is 14.1 Å². The summed E-state index contributed by atoms with van der Waals surface area (Å²) in [6, 6.07) is 7.17. The Labute approximate surface area is 140 Å². The fraction of sp³-hybridized carbons (Fsp3) is 0.176. The minimum atomic E-state index is -0.777. The Bertz CT molecular complexity index is 1130. The zero-order chi connectivity index (χ0) is 18.3. The number of fused-ring (bicyclic) bond motifs is 1. The number of halogens is 1. The number of hydrogen-bond acceptors (Lipinski definition) is 5. The standard InChI is InChI=1S/C17H14FN3O4/c1-20-14-13(15(22)21(2)17(20)24)10(16(23)25-3)8-12(19-14)9-6-4-5-7-11(9)18/h4-8H,1-3H3. The molecule has 3 rings (SSSR count). The largest absolute Gasteiger partial charge is 0.465 e.